The van der Waals surface area contributed by atoms with E-state index in [1.54, 1.807) is 0 Å². The SMILES string of the molecule is Cl.Cl.Nc1ccccc1CCC(=O)N1CCN(CCOc2ccccc2)CC1. The lowest BCUT2D eigenvalue weighted by Gasteiger charge is -2.34. The van der Waals surface area contributed by atoms with E-state index in [1.807, 2.05) is 59.5 Å². The second kappa shape index (κ2) is 12.5. The molecule has 2 aromatic carbocycles. The van der Waals surface area contributed by atoms with Gasteiger partial charge in [-0.1, -0.05) is 36.4 Å². The van der Waals surface area contributed by atoms with Gasteiger partial charge in [0.15, 0.2) is 0 Å². The Kier molecular flexibility index (Phi) is 10.8. The molecule has 1 fully saturated rings. The Hall–Kier alpha value is -1.95. The van der Waals surface area contributed by atoms with Crippen molar-refractivity contribution in [2.45, 2.75) is 12.8 Å². The molecule has 154 valence electrons. The zero-order valence-corrected chi connectivity index (χ0v) is 17.6. The fourth-order valence-electron chi connectivity index (χ4n) is 3.19. The zero-order chi connectivity index (χ0) is 18.2. The molecule has 1 aliphatic heterocycles. The van der Waals surface area contributed by atoms with E-state index in [9.17, 15) is 4.79 Å². The molecule has 3 rings (SSSR count). The summed E-state index contributed by atoms with van der Waals surface area (Å²) in [7, 11) is 0. The molecule has 2 N–H and O–H groups in total. The van der Waals surface area contributed by atoms with Crippen molar-refractivity contribution in [1.29, 1.82) is 0 Å². The number of ether oxygens (including phenoxy) is 1. The van der Waals surface area contributed by atoms with Crippen LogP contribution in [0.4, 0.5) is 5.69 Å². The Bertz CT molecular complexity index is 708. The van der Waals surface area contributed by atoms with Gasteiger partial charge < -0.3 is 15.4 Å². The molecular formula is C21H29Cl2N3O2. The topological polar surface area (TPSA) is 58.8 Å². The zero-order valence-electron chi connectivity index (χ0n) is 16.0. The van der Waals surface area contributed by atoms with Gasteiger partial charge in [-0.3, -0.25) is 9.69 Å². The third kappa shape index (κ3) is 7.23. The molecule has 0 radical (unpaired) electrons. The Balaban J connectivity index is 0.00000196. The van der Waals surface area contributed by atoms with E-state index in [0.717, 1.165) is 49.7 Å². The third-order valence-electron chi connectivity index (χ3n) is 4.81. The first-order valence-corrected chi connectivity index (χ1v) is 9.24. The number of benzene rings is 2. The minimum Gasteiger partial charge on any atom is -0.492 e. The van der Waals surface area contributed by atoms with Crippen molar-refractivity contribution >= 4 is 36.4 Å². The quantitative estimate of drug-likeness (QED) is 0.691. The predicted octanol–water partition coefficient (Wildman–Crippen LogP) is 3.27. The maximum absolute atomic E-state index is 12.4. The highest BCUT2D eigenvalue weighted by atomic mass is 35.5. The highest BCUT2D eigenvalue weighted by Gasteiger charge is 2.20. The monoisotopic (exact) mass is 425 g/mol. The average Bonchev–Trinajstić information content (AvgIpc) is 2.68. The number of carbonyl (C=O) groups excluding carboxylic acids is 1. The van der Waals surface area contributed by atoms with Crippen molar-refractivity contribution < 1.29 is 9.53 Å². The molecule has 0 spiro atoms. The summed E-state index contributed by atoms with van der Waals surface area (Å²) in [6.07, 6.45) is 1.22. The normalized spacial score (nSPS) is 13.9. The molecular weight excluding hydrogens is 397 g/mol. The highest BCUT2D eigenvalue weighted by Crippen LogP contribution is 2.14. The van der Waals surface area contributed by atoms with Crippen molar-refractivity contribution in [2.24, 2.45) is 0 Å². The van der Waals surface area contributed by atoms with Crippen LogP contribution in [0, 0.1) is 0 Å². The van der Waals surface area contributed by atoms with Crippen LogP contribution in [0.15, 0.2) is 54.6 Å². The van der Waals surface area contributed by atoms with Gasteiger partial charge >= 0.3 is 0 Å². The summed E-state index contributed by atoms with van der Waals surface area (Å²) in [6.45, 7) is 4.93. The number of rotatable bonds is 7. The van der Waals surface area contributed by atoms with Crippen molar-refractivity contribution in [3.63, 3.8) is 0 Å². The Morgan fingerprint density at radius 3 is 2.25 bits per heavy atom. The van der Waals surface area contributed by atoms with Crippen LogP contribution in [-0.4, -0.2) is 55.0 Å². The van der Waals surface area contributed by atoms with E-state index in [2.05, 4.69) is 4.90 Å². The summed E-state index contributed by atoms with van der Waals surface area (Å²) < 4.78 is 5.75. The van der Waals surface area contributed by atoms with E-state index in [1.165, 1.54) is 0 Å². The van der Waals surface area contributed by atoms with Crippen LogP contribution in [0.1, 0.15) is 12.0 Å². The smallest absolute Gasteiger partial charge is 0.222 e. The number of nitrogens with two attached hydrogens (primary N) is 1. The summed E-state index contributed by atoms with van der Waals surface area (Å²) >= 11 is 0. The minimum atomic E-state index is 0. The van der Waals surface area contributed by atoms with Gasteiger partial charge in [0.25, 0.3) is 0 Å². The van der Waals surface area contributed by atoms with Crippen molar-refractivity contribution in [3.05, 3.63) is 60.2 Å². The first-order valence-electron chi connectivity index (χ1n) is 9.24. The van der Waals surface area contributed by atoms with E-state index >= 15 is 0 Å². The second-order valence-corrected chi connectivity index (χ2v) is 6.58. The van der Waals surface area contributed by atoms with Crippen LogP contribution in [0.2, 0.25) is 0 Å². The molecule has 1 aliphatic rings. The predicted molar refractivity (Wildman–Crippen MR) is 119 cm³/mol. The van der Waals surface area contributed by atoms with E-state index < -0.39 is 0 Å². The number of amides is 1. The van der Waals surface area contributed by atoms with Crippen molar-refractivity contribution in [3.8, 4) is 5.75 Å². The van der Waals surface area contributed by atoms with Gasteiger partial charge in [-0.25, -0.2) is 0 Å². The molecule has 0 atom stereocenters. The van der Waals surface area contributed by atoms with Gasteiger partial charge in [-0.05, 0) is 30.2 Å². The summed E-state index contributed by atoms with van der Waals surface area (Å²) in [5.74, 6) is 1.12. The number of nitrogen functional groups attached to an aromatic ring is 1. The number of nitrogens with zero attached hydrogens (tertiary/aromatic N) is 2. The molecule has 2 aromatic rings. The van der Waals surface area contributed by atoms with Crippen LogP contribution in [0.5, 0.6) is 5.75 Å². The number of aryl methyl sites for hydroxylation is 1. The number of hydrogen-bond acceptors (Lipinski definition) is 4. The number of para-hydroxylation sites is 2. The Labute approximate surface area is 179 Å². The Morgan fingerprint density at radius 1 is 0.929 bits per heavy atom. The fraction of sp³-hybridized carbons (Fsp3) is 0.381. The lowest BCUT2D eigenvalue weighted by Crippen LogP contribution is -2.49. The third-order valence-corrected chi connectivity index (χ3v) is 4.81. The van der Waals surface area contributed by atoms with Crippen LogP contribution in [0.3, 0.4) is 0 Å². The summed E-state index contributed by atoms with van der Waals surface area (Å²) in [6, 6.07) is 17.6. The van der Waals surface area contributed by atoms with Crippen LogP contribution >= 0.6 is 24.8 Å². The average molecular weight is 426 g/mol. The van der Waals surface area contributed by atoms with E-state index in [-0.39, 0.29) is 30.7 Å². The van der Waals surface area contributed by atoms with Crippen molar-refractivity contribution in [1.82, 2.24) is 9.80 Å². The molecule has 0 aliphatic carbocycles. The van der Waals surface area contributed by atoms with Gasteiger partial charge in [0.1, 0.15) is 12.4 Å². The number of anilines is 1. The summed E-state index contributed by atoms with van der Waals surface area (Å²) in [5, 5.41) is 0. The molecule has 5 nitrogen and oxygen atoms in total. The summed E-state index contributed by atoms with van der Waals surface area (Å²) in [4.78, 5) is 16.7. The van der Waals surface area contributed by atoms with E-state index in [4.69, 9.17) is 10.5 Å². The van der Waals surface area contributed by atoms with Gasteiger partial charge in [0.05, 0.1) is 0 Å². The molecule has 1 amide bonds. The fourth-order valence-corrected chi connectivity index (χ4v) is 3.19. The van der Waals surface area contributed by atoms with E-state index in [0.29, 0.717) is 19.4 Å². The molecule has 1 heterocycles. The van der Waals surface area contributed by atoms with Gasteiger partial charge in [0, 0.05) is 44.8 Å². The Morgan fingerprint density at radius 2 is 1.57 bits per heavy atom. The second-order valence-electron chi connectivity index (χ2n) is 6.58. The van der Waals surface area contributed by atoms with Crippen LogP contribution < -0.4 is 10.5 Å². The molecule has 0 bridgehead atoms. The number of piperazine rings is 1. The number of hydrogen-bond donors (Lipinski definition) is 1. The molecule has 0 saturated carbocycles. The molecule has 0 aromatic heterocycles. The van der Waals surface area contributed by atoms with Crippen LogP contribution in [0.25, 0.3) is 0 Å². The van der Waals surface area contributed by atoms with Crippen molar-refractivity contribution in [2.75, 3.05) is 45.1 Å². The number of halogens is 2. The standard InChI is InChI=1S/C21H27N3O2.2ClH/c22-20-9-5-4-6-18(20)10-11-21(25)24-14-12-23(13-15-24)16-17-26-19-7-2-1-3-8-19;;/h1-9H,10-17,22H2;2*1H. The molecule has 7 heteroatoms. The summed E-state index contributed by atoms with van der Waals surface area (Å²) in [5.41, 5.74) is 7.77. The van der Waals surface area contributed by atoms with Gasteiger partial charge in [-0.2, -0.15) is 0 Å². The first kappa shape index (κ1) is 24.1. The first-order chi connectivity index (χ1) is 12.7. The lowest BCUT2D eigenvalue weighted by atomic mass is 10.1. The maximum Gasteiger partial charge on any atom is 0.222 e. The van der Waals surface area contributed by atoms with Gasteiger partial charge in [0.2, 0.25) is 5.91 Å². The number of carbonyl (C=O) groups is 1. The largest absolute Gasteiger partial charge is 0.492 e. The van der Waals surface area contributed by atoms with Crippen LogP contribution in [-0.2, 0) is 11.2 Å². The highest BCUT2D eigenvalue weighted by molar-refractivity contribution is 5.85. The maximum atomic E-state index is 12.4. The molecule has 28 heavy (non-hydrogen) atoms. The lowest BCUT2D eigenvalue weighted by molar-refractivity contribution is -0.132. The molecule has 0 unspecified atom stereocenters. The minimum absolute atomic E-state index is 0. The molecule has 1 saturated heterocycles. The van der Waals surface area contributed by atoms with Gasteiger partial charge in [-0.15, -0.1) is 24.8 Å².